The van der Waals surface area contributed by atoms with Crippen molar-refractivity contribution in [2.75, 3.05) is 18.4 Å². The van der Waals surface area contributed by atoms with Crippen LogP contribution >= 0.6 is 11.3 Å². The number of hydrogen-bond donors (Lipinski definition) is 1. The maximum absolute atomic E-state index is 4.88. The quantitative estimate of drug-likeness (QED) is 0.266. The van der Waals surface area contributed by atoms with Crippen molar-refractivity contribution in [1.82, 2.24) is 14.9 Å². The number of anilines is 1. The number of fused-ring (bicyclic) bond motifs is 1. The van der Waals surface area contributed by atoms with Gasteiger partial charge in [-0.3, -0.25) is 14.9 Å². The predicted molar refractivity (Wildman–Crippen MR) is 177 cm³/mol. The summed E-state index contributed by atoms with van der Waals surface area (Å²) >= 11 is 1.64. The van der Waals surface area contributed by atoms with Crippen molar-refractivity contribution in [2.45, 2.75) is 74.8 Å². The van der Waals surface area contributed by atoms with Crippen molar-refractivity contribution < 1.29 is 0 Å². The fourth-order valence-electron chi connectivity index (χ4n) is 4.58. The molecule has 0 radical (unpaired) electrons. The Hall–Kier alpha value is -3.09. The molecule has 0 aliphatic carbocycles. The molecule has 6 heteroatoms. The minimum Gasteiger partial charge on any atom is -0.336 e. The first-order chi connectivity index (χ1) is 19.0. The first kappa shape index (κ1) is 31.4. The van der Waals surface area contributed by atoms with E-state index in [4.69, 9.17) is 9.97 Å². The second-order valence-corrected chi connectivity index (χ2v) is 12.8. The third kappa shape index (κ3) is 8.45. The lowest BCUT2D eigenvalue weighted by Gasteiger charge is -2.19. The molecule has 0 atom stereocenters. The van der Waals surface area contributed by atoms with Gasteiger partial charge in [-0.15, -0.1) is 0 Å². The molecular weight excluding hydrogens is 510 g/mol. The number of rotatable bonds is 9. The van der Waals surface area contributed by atoms with Crippen LogP contribution in [-0.4, -0.2) is 34.2 Å². The molecule has 0 bridgehead atoms. The van der Waals surface area contributed by atoms with E-state index in [1.807, 2.05) is 26.3 Å². The molecule has 0 spiro atoms. The summed E-state index contributed by atoms with van der Waals surface area (Å²) in [7, 11) is 0. The maximum atomic E-state index is 4.88. The fraction of sp³-hybridized carbons (Fsp3) is 0.441. The fourth-order valence-corrected chi connectivity index (χ4v) is 5.63. The normalized spacial score (nSPS) is 15.5. The Labute approximate surface area is 245 Å². The number of aliphatic imine (C=N–C) groups is 1. The van der Waals surface area contributed by atoms with Gasteiger partial charge in [-0.2, -0.15) is 0 Å². The molecule has 1 fully saturated rings. The van der Waals surface area contributed by atoms with Crippen LogP contribution in [0.5, 0.6) is 0 Å². The Morgan fingerprint density at radius 3 is 2.55 bits per heavy atom. The van der Waals surface area contributed by atoms with Gasteiger partial charge in [0.15, 0.2) is 5.13 Å². The number of aromatic nitrogens is 2. The van der Waals surface area contributed by atoms with E-state index in [0.717, 1.165) is 68.8 Å². The molecule has 0 unspecified atom stereocenters. The molecular formula is C34H47N5S. The molecule has 2 aromatic heterocycles. The van der Waals surface area contributed by atoms with Crippen molar-refractivity contribution in [3.05, 3.63) is 72.2 Å². The minimum atomic E-state index is 0.301. The van der Waals surface area contributed by atoms with Gasteiger partial charge in [0.05, 0.1) is 15.9 Å². The number of allylic oxidation sites excluding steroid dienone is 4. The zero-order valence-corrected chi connectivity index (χ0v) is 26.6. The molecule has 3 aromatic rings. The van der Waals surface area contributed by atoms with Crippen molar-refractivity contribution in [3.63, 3.8) is 0 Å². The molecule has 1 aliphatic heterocycles. The lowest BCUT2D eigenvalue weighted by molar-refractivity contribution is 0.284. The van der Waals surface area contributed by atoms with Gasteiger partial charge < -0.3 is 5.32 Å². The summed E-state index contributed by atoms with van der Waals surface area (Å²) in [6.45, 7) is 28.4. The third-order valence-corrected chi connectivity index (χ3v) is 7.77. The van der Waals surface area contributed by atoms with E-state index in [-0.39, 0.29) is 0 Å². The van der Waals surface area contributed by atoms with Crippen molar-refractivity contribution in [1.29, 1.82) is 0 Å². The van der Waals surface area contributed by atoms with Crippen LogP contribution in [0.3, 0.4) is 0 Å². The zero-order valence-electron chi connectivity index (χ0n) is 25.8. The van der Waals surface area contributed by atoms with Gasteiger partial charge in [-0.1, -0.05) is 78.5 Å². The van der Waals surface area contributed by atoms with Gasteiger partial charge in [0, 0.05) is 42.5 Å². The summed E-state index contributed by atoms with van der Waals surface area (Å²) in [5.74, 6) is 0.301. The van der Waals surface area contributed by atoms with Gasteiger partial charge in [0.25, 0.3) is 0 Å². The molecule has 1 aliphatic rings. The third-order valence-electron chi connectivity index (χ3n) is 6.75. The van der Waals surface area contributed by atoms with Crippen LogP contribution in [0, 0.1) is 11.3 Å². The molecule has 1 saturated heterocycles. The highest BCUT2D eigenvalue weighted by molar-refractivity contribution is 7.22. The molecule has 0 saturated carbocycles. The summed E-state index contributed by atoms with van der Waals surface area (Å²) in [6.07, 6.45) is 8.42. The number of pyridine rings is 1. The summed E-state index contributed by atoms with van der Waals surface area (Å²) in [6, 6.07) is 8.72. The highest BCUT2D eigenvalue weighted by Gasteiger charge is 2.29. The van der Waals surface area contributed by atoms with Crippen molar-refractivity contribution in [3.8, 4) is 11.3 Å². The zero-order chi connectivity index (χ0) is 29.4. The molecule has 214 valence electrons. The summed E-state index contributed by atoms with van der Waals surface area (Å²) < 4.78 is 1.11. The van der Waals surface area contributed by atoms with E-state index >= 15 is 0 Å². The number of thiazole rings is 1. The van der Waals surface area contributed by atoms with E-state index in [2.05, 4.69) is 100 Å². The lowest BCUT2D eigenvalue weighted by atomic mass is 9.93. The van der Waals surface area contributed by atoms with E-state index in [1.165, 1.54) is 18.4 Å². The molecule has 5 nitrogen and oxygen atoms in total. The Bertz CT molecular complexity index is 1390. The van der Waals surface area contributed by atoms with Gasteiger partial charge in [0.2, 0.25) is 0 Å². The molecule has 1 aromatic carbocycles. The first-order valence-electron chi connectivity index (χ1n) is 14.4. The Balaban J connectivity index is 0.00000141. The molecule has 4 rings (SSSR count). The Morgan fingerprint density at radius 1 is 1.23 bits per heavy atom. The molecule has 0 amide bonds. The van der Waals surface area contributed by atoms with Crippen LogP contribution in [0.15, 0.2) is 66.1 Å². The standard InChI is InChI=1S/C31H39N5S.C3H8/c1-9-24(17-33-22(6)20(2)3)25-15-26(29-28(16-25)35-30(37-29)34-21(4)5)27-14-23(10-12-32-27)18-36-13-11-31(7,8)19-36;1-3-2/h9-10,12,14-17,20H,4,6,11,13,18-19H2,1-3,5,7-8H3,(H,34,35);3H2,1-2H3/b24-9+,33-17?;. The summed E-state index contributed by atoms with van der Waals surface area (Å²) in [5.41, 5.74) is 8.47. The SMILES string of the molecule is C=C(C)Nc1nc2cc(/C(C=NC(=C)C(C)C)=C/C)cc(-c3cc(CN4CCC(C)(C)C4)ccn3)c2s1.CCC. The minimum absolute atomic E-state index is 0.301. The van der Waals surface area contributed by atoms with Crippen LogP contribution in [0.25, 0.3) is 27.0 Å². The van der Waals surface area contributed by atoms with Crippen molar-refractivity contribution in [2.24, 2.45) is 16.3 Å². The average Bonchev–Trinajstić information content (AvgIpc) is 3.45. The molecule has 1 N–H and O–H groups in total. The lowest BCUT2D eigenvalue weighted by Crippen LogP contribution is -2.22. The van der Waals surface area contributed by atoms with E-state index in [1.54, 1.807) is 11.3 Å². The number of benzene rings is 1. The number of likely N-dealkylation sites (tertiary alicyclic amines) is 1. The second-order valence-electron chi connectivity index (χ2n) is 11.8. The van der Waals surface area contributed by atoms with Crippen LogP contribution in [0.4, 0.5) is 5.13 Å². The number of hydrogen-bond acceptors (Lipinski definition) is 6. The first-order valence-corrected chi connectivity index (χ1v) is 15.2. The van der Waals surface area contributed by atoms with Gasteiger partial charge in [-0.05, 0) is 79.1 Å². The van der Waals surface area contributed by atoms with Crippen LogP contribution in [0.2, 0.25) is 0 Å². The number of nitrogens with zero attached hydrogens (tertiary/aromatic N) is 4. The van der Waals surface area contributed by atoms with E-state index in [0.29, 0.717) is 11.3 Å². The van der Waals surface area contributed by atoms with Gasteiger partial charge in [0.1, 0.15) is 0 Å². The summed E-state index contributed by atoms with van der Waals surface area (Å²) in [4.78, 5) is 16.9. The topological polar surface area (TPSA) is 53.4 Å². The van der Waals surface area contributed by atoms with Gasteiger partial charge in [-0.25, -0.2) is 4.98 Å². The van der Waals surface area contributed by atoms with Crippen molar-refractivity contribution >= 4 is 38.5 Å². The Kier molecular flexibility index (Phi) is 11.0. The number of nitrogens with one attached hydrogen (secondary N) is 1. The van der Waals surface area contributed by atoms with Crippen LogP contribution in [0.1, 0.15) is 79.4 Å². The average molecular weight is 558 g/mol. The highest BCUT2D eigenvalue weighted by Crippen LogP contribution is 2.38. The highest BCUT2D eigenvalue weighted by atomic mass is 32.1. The van der Waals surface area contributed by atoms with E-state index in [9.17, 15) is 0 Å². The smallest absolute Gasteiger partial charge is 0.188 e. The maximum Gasteiger partial charge on any atom is 0.188 e. The molecule has 3 heterocycles. The van der Waals surface area contributed by atoms with E-state index < -0.39 is 0 Å². The largest absolute Gasteiger partial charge is 0.336 e. The predicted octanol–water partition coefficient (Wildman–Crippen LogP) is 9.60. The monoisotopic (exact) mass is 557 g/mol. The Morgan fingerprint density at radius 2 is 1.95 bits per heavy atom. The summed E-state index contributed by atoms with van der Waals surface area (Å²) in [5, 5.41) is 4.12. The van der Waals surface area contributed by atoms with Crippen LogP contribution < -0.4 is 5.32 Å². The van der Waals surface area contributed by atoms with Crippen LogP contribution in [-0.2, 0) is 6.54 Å². The molecule has 40 heavy (non-hydrogen) atoms. The second kappa shape index (κ2) is 14.0. The van der Waals surface area contributed by atoms with Gasteiger partial charge >= 0.3 is 0 Å².